The highest BCUT2D eigenvalue weighted by Crippen LogP contribution is 2.12. The molecule has 0 unspecified atom stereocenters. The molecule has 0 aliphatic carbocycles. The average molecular weight is 274 g/mol. The summed E-state index contributed by atoms with van der Waals surface area (Å²) in [5.74, 6) is -0.995. The van der Waals surface area contributed by atoms with Crippen molar-refractivity contribution in [1.29, 1.82) is 0 Å². The summed E-state index contributed by atoms with van der Waals surface area (Å²) < 4.78 is 0. The second-order valence-electron chi connectivity index (χ2n) is 3.97. The van der Waals surface area contributed by atoms with Crippen LogP contribution in [0.1, 0.15) is 15.5 Å². The Morgan fingerprint density at radius 1 is 1.26 bits per heavy atom. The first-order valence-electron chi connectivity index (χ1n) is 5.70. The average Bonchev–Trinajstić information content (AvgIpc) is 3.02. The Hall–Kier alpha value is -2.28. The Balaban J connectivity index is 1.72. The van der Waals surface area contributed by atoms with Crippen LogP contribution in [0, 0.1) is 0 Å². The third-order valence-electron chi connectivity index (χ3n) is 2.62. The number of hydrogen-bond donors (Lipinski definition) is 1. The van der Waals surface area contributed by atoms with Crippen molar-refractivity contribution in [3.05, 3.63) is 40.3 Å². The molecule has 7 heteroatoms. The van der Waals surface area contributed by atoms with Crippen LogP contribution in [0.25, 0.3) is 11.0 Å². The van der Waals surface area contributed by atoms with Gasteiger partial charge in [0.25, 0.3) is 0 Å². The summed E-state index contributed by atoms with van der Waals surface area (Å²) in [5.41, 5.74) is 1.80. The first-order chi connectivity index (χ1) is 9.22. The van der Waals surface area contributed by atoms with Crippen molar-refractivity contribution in [1.82, 2.24) is 20.0 Å². The number of aryl methyl sites for hydroxylation is 2. The van der Waals surface area contributed by atoms with E-state index in [2.05, 4.69) is 15.2 Å². The Morgan fingerprint density at radius 3 is 2.53 bits per heavy atom. The summed E-state index contributed by atoms with van der Waals surface area (Å²) in [4.78, 5) is 16.4. The Labute approximate surface area is 112 Å². The lowest BCUT2D eigenvalue weighted by atomic mass is 10.3. The van der Waals surface area contributed by atoms with Crippen LogP contribution in [-0.4, -0.2) is 31.1 Å². The highest BCUT2D eigenvalue weighted by atomic mass is 32.1. The molecule has 96 valence electrons. The molecular weight excluding hydrogens is 264 g/mol. The fourth-order valence-electron chi connectivity index (χ4n) is 1.72. The van der Waals surface area contributed by atoms with Crippen molar-refractivity contribution in [2.45, 2.75) is 13.0 Å². The maximum Gasteiger partial charge on any atom is 0.355 e. The van der Waals surface area contributed by atoms with Gasteiger partial charge in [0.2, 0.25) is 0 Å². The molecule has 0 radical (unpaired) electrons. The summed E-state index contributed by atoms with van der Waals surface area (Å²) in [7, 11) is 0. The van der Waals surface area contributed by atoms with Gasteiger partial charge in [-0.05, 0) is 12.1 Å². The zero-order valence-electron chi connectivity index (χ0n) is 9.85. The van der Waals surface area contributed by atoms with E-state index in [4.69, 9.17) is 5.11 Å². The van der Waals surface area contributed by atoms with Crippen molar-refractivity contribution in [3.8, 4) is 0 Å². The first kappa shape index (κ1) is 11.8. The van der Waals surface area contributed by atoms with E-state index in [-0.39, 0.29) is 5.69 Å². The minimum atomic E-state index is -0.995. The van der Waals surface area contributed by atoms with Crippen molar-refractivity contribution in [2.24, 2.45) is 0 Å². The molecule has 0 spiro atoms. The number of carbonyl (C=O) groups is 1. The van der Waals surface area contributed by atoms with Crippen LogP contribution in [0.4, 0.5) is 0 Å². The number of carboxylic acid groups (broad SMARTS) is 1. The molecule has 1 aromatic carbocycles. The number of fused-ring (bicyclic) bond motifs is 1. The molecular formula is C12H10N4O2S. The molecule has 0 fully saturated rings. The zero-order valence-corrected chi connectivity index (χ0v) is 10.7. The van der Waals surface area contributed by atoms with Gasteiger partial charge >= 0.3 is 5.97 Å². The topological polar surface area (TPSA) is 80.9 Å². The number of carboxylic acids is 1. The van der Waals surface area contributed by atoms with Gasteiger partial charge in [-0.15, -0.1) is 11.3 Å². The highest BCUT2D eigenvalue weighted by Gasteiger charge is 2.09. The third-order valence-corrected chi connectivity index (χ3v) is 3.53. The van der Waals surface area contributed by atoms with Gasteiger partial charge in [-0.3, -0.25) is 0 Å². The monoisotopic (exact) mass is 274 g/mol. The van der Waals surface area contributed by atoms with Crippen LogP contribution in [0.15, 0.2) is 29.6 Å². The predicted octanol–water partition coefficient (Wildman–Crippen LogP) is 1.83. The van der Waals surface area contributed by atoms with E-state index < -0.39 is 5.97 Å². The van der Waals surface area contributed by atoms with Gasteiger partial charge in [-0.2, -0.15) is 15.0 Å². The van der Waals surface area contributed by atoms with Gasteiger partial charge in [-0.1, -0.05) is 12.1 Å². The normalized spacial score (nSPS) is 10.9. The maximum atomic E-state index is 10.7. The lowest BCUT2D eigenvalue weighted by Gasteiger charge is -1.95. The van der Waals surface area contributed by atoms with Crippen LogP contribution < -0.4 is 0 Å². The molecule has 3 aromatic rings. The van der Waals surface area contributed by atoms with Crippen LogP contribution in [-0.2, 0) is 13.0 Å². The van der Waals surface area contributed by atoms with Crippen molar-refractivity contribution in [3.63, 3.8) is 0 Å². The van der Waals surface area contributed by atoms with Crippen LogP contribution in [0.2, 0.25) is 0 Å². The molecule has 2 heterocycles. The highest BCUT2D eigenvalue weighted by molar-refractivity contribution is 7.09. The molecule has 0 atom stereocenters. The molecule has 0 saturated carbocycles. The number of aromatic nitrogens is 4. The summed E-state index contributed by atoms with van der Waals surface area (Å²) in [6, 6.07) is 7.65. The molecule has 0 aliphatic rings. The van der Waals surface area contributed by atoms with E-state index in [0.29, 0.717) is 13.0 Å². The van der Waals surface area contributed by atoms with Gasteiger partial charge in [-0.25, -0.2) is 9.78 Å². The lowest BCUT2D eigenvalue weighted by molar-refractivity contribution is 0.0691. The van der Waals surface area contributed by atoms with E-state index in [1.807, 2.05) is 24.3 Å². The van der Waals surface area contributed by atoms with Gasteiger partial charge in [0.05, 0.1) is 11.6 Å². The Morgan fingerprint density at radius 2 is 1.95 bits per heavy atom. The summed E-state index contributed by atoms with van der Waals surface area (Å²) in [6.45, 7) is 0.585. The summed E-state index contributed by atoms with van der Waals surface area (Å²) >= 11 is 1.34. The van der Waals surface area contributed by atoms with Gasteiger partial charge in [0, 0.05) is 11.8 Å². The van der Waals surface area contributed by atoms with Gasteiger partial charge < -0.3 is 5.11 Å². The Bertz CT molecular complexity index is 701. The summed E-state index contributed by atoms with van der Waals surface area (Å²) in [5, 5.41) is 19.8. The molecule has 0 saturated heterocycles. The number of hydrogen-bond acceptors (Lipinski definition) is 5. The molecule has 2 aromatic heterocycles. The number of rotatable bonds is 4. The molecule has 0 amide bonds. The van der Waals surface area contributed by atoms with Crippen LogP contribution in [0.3, 0.4) is 0 Å². The van der Waals surface area contributed by atoms with E-state index in [1.54, 1.807) is 10.2 Å². The minimum absolute atomic E-state index is 0.0959. The molecule has 6 nitrogen and oxygen atoms in total. The lowest BCUT2D eigenvalue weighted by Crippen LogP contribution is -2.05. The first-order valence-corrected chi connectivity index (χ1v) is 6.58. The van der Waals surface area contributed by atoms with E-state index in [1.165, 1.54) is 11.3 Å². The SMILES string of the molecule is O=C(O)c1csc(CCn2nc3ccccc3n2)n1. The smallest absolute Gasteiger partial charge is 0.355 e. The van der Waals surface area contributed by atoms with Crippen molar-refractivity contribution in [2.75, 3.05) is 0 Å². The number of nitrogens with zero attached hydrogens (tertiary/aromatic N) is 4. The predicted molar refractivity (Wildman–Crippen MR) is 70.3 cm³/mol. The molecule has 0 aliphatic heterocycles. The third kappa shape index (κ3) is 2.45. The zero-order chi connectivity index (χ0) is 13.2. The van der Waals surface area contributed by atoms with Gasteiger partial charge in [0.15, 0.2) is 5.69 Å². The fourth-order valence-corrected chi connectivity index (χ4v) is 2.49. The largest absolute Gasteiger partial charge is 0.476 e. The second kappa shape index (κ2) is 4.77. The van der Waals surface area contributed by atoms with Crippen LogP contribution >= 0.6 is 11.3 Å². The van der Waals surface area contributed by atoms with Gasteiger partial charge in [0.1, 0.15) is 11.0 Å². The second-order valence-corrected chi connectivity index (χ2v) is 4.91. The number of aromatic carboxylic acids is 1. The number of benzene rings is 1. The molecule has 19 heavy (non-hydrogen) atoms. The van der Waals surface area contributed by atoms with Crippen molar-refractivity contribution >= 4 is 28.3 Å². The van der Waals surface area contributed by atoms with E-state index in [0.717, 1.165) is 16.0 Å². The standard InChI is InChI=1S/C12H10N4O2S/c17-12(18)10-7-19-11(13-10)5-6-16-14-8-3-1-2-4-9(8)15-16/h1-4,7H,5-6H2,(H,17,18). The molecule has 0 bridgehead atoms. The minimum Gasteiger partial charge on any atom is -0.476 e. The molecule has 1 N–H and O–H groups in total. The quantitative estimate of drug-likeness (QED) is 0.785. The number of thiazole rings is 1. The Kier molecular flexibility index (Phi) is 2.96. The molecule has 3 rings (SSSR count). The fraction of sp³-hybridized carbons (Fsp3) is 0.167. The van der Waals surface area contributed by atoms with Crippen LogP contribution in [0.5, 0.6) is 0 Å². The summed E-state index contributed by atoms with van der Waals surface area (Å²) in [6.07, 6.45) is 0.624. The van der Waals surface area contributed by atoms with E-state index >= 15 is 0 Å². The van der Waals surface area contributed by atoms with Crippen molar-refractivity contribution < 1.29 is 9.90 Å². The maximum absolute atomic E-state index is 10.7. The van der Waals surface area contributed by atoms with E-state index in [9.17, 15) is 4.79 Å².